The maximum Gasteiger partial charge on any atom is 0.274 e. The van der Waals surface area contributed by atoms with Crippen molar-refractivity contribution in [2.75, 3.05) is 19.6 Å². The average molecular weight is 365 g/mol. The summed E-state index contributed by atoms with van der Waals surface area (Å²) < 4.78 is 15.3. The molecule has 134 valence electrons. The highest BCUT2D eigenvalue weighted by Gasteiger charge is 2.24. The van der Waals surface area contributed by atoms with Crippen molar-refractivity contribution in [3.63, 3.8) is 0 Å². The number of piperidine rings is 1. The monoisotopic (exact) mass is 364 g/mol. The largest absolute Gasteiger partial charge is 0.333 e. The van der Waals surface area contributed by atoms with E-state index in [-0.39, 0.29) is 24.1 Å². The first-order valence-electron chi connectivity index (χ1n) is 8.53. The minimum atomic E-state index is -0.253. The van der Waals surface area contributed by atoms with Crippen LogP contribution in [0.4, 0.5) is 4.39 Å². The quantitative estimate of drug-likeness (QED) is 0.891. The molecule has 1 atom stereocenters. The smallest absolute Gasteiger partial charge is 0.274 e. The predicted octanol–water partition coefficient (Wildman–Crippen LogP) is 2.57. The fourth-order valence-electron chi connectivity index (χ4n) is 3.58. The number of carbonyl (C=O) groups excluding carboxylic acids is 1. The molecule has 4 rings (SSSR count). The van der Waals surface area contributed by atoms with Gasteiger partial charge < -0.3 is 10.2 Å². The molecular formula is C18H22ClFN4O. The van der Waals surface area contributed by atoms with Gasteiger partial charge in [-0.1, -0.05) is 6.07 Å². The lowest BCUT2D eigenvalue weighted by Gasteiger charge is -2.28. The maximum atomic E-state index is 13.4. The number of fused-ring (bicyclic) bond motifs is 1. The molecule has 1 N–H and O–H groups in total. The molecule has 2 aliphatic rings. The summed E-state index contributed by atoms with van der Waals surface area (Å²) >= 11 is 0. The highest BCUT2D eigenvalue weighted by atomic mass is 35.5. The number of halogens is 2. The number of nitrogens with one attached hydrogen (secondary N) is 1. The highest BCUT2D eigenvalue weighted by Crippen LogP contribution is 2.22. The van der Waals surface area contributed by atoms with Gasteiger partial charge in [0.2, 0.25) is 0 Å². The molecule has 3 heterocycles. The van der Waals surface area contributed by atoms with Gasteiger partial charge in [-0.25, -0.2) is 4.39 Å². The molecule has 25 heavy (non-hydrogen) atoms. The standard InChI is InChI=1S/C18H21FN4O.ClH/c19-15-4-3-13-5-8-22(12-14(13)10-15)18(24)17-6-9-23(21-17)16-2-1-7-20-11-16;/h3-4,6,9-10,16,20H,1-2,5,7-8,11-12H2;1H. The summed E-state index contributed by atoms with van der Waals surface area (Å²) in [6.07, 6.45) is 4.86. The number of nitrogens with zero attached hydrogens (tertiary/aromatic N) is 3. The van der Waals surface area contributed by atoms with Crippen LogP contribution in [0.5, 0.6) is 0 Å². The van der Waals surface area contributed by atoms with Crippen molar-refractivity contribution in [2.24, 2.45) is 0 Å². The van der Waals surface area contributed by atoms with E-state index in [0.717, 1.165) is 43.5 Å². The van der Waals surface area contributed by atoms with E-state index >= 15 is 0 Å². The molecule has 2 aliphatic heterocycles. The molecule has 2 aromatic rings. The summed E-state index contributed by atoms with van der Waals surface area (Å²) in [6, 6.07) is 6.93. The topological polar surface area (TPSA) is 50.2 Å². The van der Waals surface area contributed by atoms with Crippen LogP contribution in [0.25, 0.3) is 0 Å². The summed E-state index contributed by atoms with van der Waals surface area (Å²) in [5.74, 6) is -0.329. The van der Waals surface area contributed by atoms with Gasteiger partial charge in [0.25, 0.3) is 5.91 Å². The molecule has 1 fully saturated rings. The van der Waals surface area contributed by atoms with Gasteiger partial charge in [0.15, 0.2) is 0 Å². The van der Waals surface area contributed by atoms with Crippen LogP contribution in [0.15, 0.2) is 30.5 Å². The lowest BCUT2D eigenvalue weighted by molar-refractivity contribution is 0.0727. The van der Waals surface area contributed by atoms with Crippen molar-refractivity contribution in [3.05, 3.63) is 53.1 Å². The molecule has 0 saturated carbocycles. The zero-order chi connectivity index (χ0) is 16.5. The van der Waals surface area contributed by atoms with E-state index in [1.54, 1.807) is 11.0 Å². The van der Waals surface area contributed by atoms with Gasteiger partial charge in [0.1, 0.15) is 11.5 Å². The number of aromatic nitrogens is 2. The second-order valence-corrected chi connectivity index (χ2v) is 6.57. The second kappa shape index (κ2) is 7.54. The van der Waals surface area contributed by atoms with Gasteiger partial charge in [0.05, 0.1) is 6.04 Å². The van der Waals surface area contributed by atoms with Crippen molar-refractivity contribution in [2.45, 2.75) is 31.8 Å². The molecule has 0 radical (unpaired) electrons. The number of amides is 1. The van der Waals surface area contributed by atoms with Crippen LogP contribution < -0.4 is 5.32 Å². The Morgan fingerprint density at radius 3 is 2.96 bits per heavy atom. The average Bonchev–Trinajstić information content (AvgIpc) is 3.11. The maximum absolute atomic E-state index is 13.4. The van der Waals surface area contributed by atoms with Gasteiger partial charge >= 0.3 is 0 Å². The highest BCUT2D eigenvalue weighted by molar-refractivity contribution is 5.92. The van der Waals surface area contributed by atoms with Crippen LogP contribution >= 0.6 is 12.4 Å². The molecule has 0 bridgehead atoms. The summed E-state index contributed by atoms with van der Waals surface area (Å²) in [7, 11) is 0. The fraction of sp³-hybridized carbons (Fsp3) is 0.444. The van der Waals surface area contributed by atoms with Gasteiger partial charge in [-0.3, -0.25) is 9.48 Å². The fourth-order valence-corrected chi connectivity index (χ4v) is 3.58. The zero-order valence-electron chi connectivity index (χ0n) is 13.9. The molecule has 1 unspecified atom stereocenters. The van der Waals surface area contributed by atoms with Gasteiger partial charge in [-0.05, 0) is 55.1 Å². The zero-order valence-corrected chi connectivity index (χ0v) is 14.8. The predicted molar refractivity (Wildman–Crippen MR) is 95.5 cm³/mol. The van der Waals surface area contributed by atoms with E-state index in [1.807, 2.05) is 16.9 Å². The Labute approximate surface area is 152 Å². The van der Waals surface area contributed by atoms with E-state index < -0.39 is 0 Å². The van der Waals surface area contributed by atoms with E-state index in [1.165, 1.54) is 12.1 Å². The van der Waals surface area contributed by atoms with Crippen LogP contribution in [0.1, 0.15) is 40.5 Å². The number of carbonyl (C=O) groups is 1. The number of benzene rings is 1. The van der Waals surface area contributed by atoms with Crippen LogP contribution in [-0.4, -0.2) is 40.2 Å². The van der Waals surface area contributed by atoms with Crippen LogP contribution in [0.3, 0.4) is 0 Å². The summed E-state index contributed by atoms with van der Waals surface area (Å²) in [4.78, 5) is 14.5. The summed E-state index contributed by atoms with van der Waals surface area (Å²) in [5, 5.41) is 7.85. The third-order valence-corrected chi connectivity index (χ3v) is 4.94. The van der Waals surface area contributed by atoms with E-state index in [2.05, 4.69) is 10.4 Å². The van der Waals surface area contributed by atoms with Crippen LogP contribution in [0, 0.1) is 5.82 Å². The molecule has 1 aromatic heterocycles. The third-order valence-electron chi connectivity index (χ3n) is 4.94. The molecule has 1 saturated heterocycles. The summed E-state index contributed by atoms with van der Waals surface area (Å²) in [6.45, 7) is 3.04. The third kappa shape index (κ3) is 3.70. The Balaban J connectivity index is 0.00000182. The van der Waals surface area contributed by atoms with Crippen molar-refractivity contribution in [3.8, 4) is 0 Å². The first-order valence-corrected chi connectivity index (χ1v) is 8.53. The normalized spacial score (nSPS) is 19.9. The minimum absolute atomic E-state index is 0. The number of hydrogen-bond donors (Lipinski definition) is 1. The Bertz CT molecular complexity index is 757. The molecule has 0 aliphatic carbocycles. The van der Waals surface area contributed by atoms with E-state index in [9.17, 15) is 9.18 Å². The number of rotatable bonds is 2. The van der Waals surface area contributed by atoms with Gasteiger partial charge in [-0.15, -0.1) is 12.4 Å². The van der Waals surface area contributed by atoms with E-state index in [0.29, 0.717) is 24.8 Å². The van der Waals surface area contributed by atoms with Gasteiger partial charge in [-0.2, -0.15) is 5.10 Å². The van der Waals surface area contributed by atoms with Crippen LogP contribution in [0.2, 0.25) is 0 Å². The van der Waals surface area contributed by atoms with Crippen molar-refractivity contribution in [1.82, 2.24) is 20.0 Å². The van der Waals surface area contributed by atoms with Crippen molar-refractivity contribution in [1.29, 1.82) is 0 Å². The molecular weight excluding hydrogens is 343 g/mol. The molecule has 5 nitrogen and oxygen atoms in total. The Morgan fingerprint density at radius 1 is 1.28 bits per heavy atom. The first-order chi connectivity index (χ1) is 11.7. The number of hydrogen-bond acceptors (Lipinski definition) is 3. The first kappa shape index (κ1) is 17.9. The molecule has 1 aromatic carbocycles. The lowest BCUT2D eigenvalue weighted by atomic mass is 9.99. The lowest BCUT2D eigenvalue weighted by Crippen LogP contribution is -2.36. The molecule has 7 heteroatoms. The molecule has 0 spiro atoms. The Hall–Kier alpha value is -1.92. The minimum Gasteiger partial charge on any atom is -0.333 e. The molecule has 1 amide bonds. The van der Waals surface area contributed by atoms with Crippen molar-refractivity contribution >= 4 is 18.3 Å². The van der Waals surface area contributed by atoms with Gasteiger partial charge in [0, 0.05) is 25.8 Å². The second-order valence-electron chi connectivity index (χ2n) is 6.57. The Morgan fingerprint density at radius 2 is 2.16 bits per heavy atom. The van der Waals surface area contributed by atoms with Crippen molar-refractivity contribution < 1.29 is 9.18 Å². The summed E-state index contributed by atoms with van der Waals surface area (Å²) in [5.41, 5.74) is 2.49. The SMILES string of the molecule is Cl.O=C(c1ccn(C2CCCNC2)n1)N1CCc2ccc(F)cc2C1. The van der Waals surface area contributed by atoms with Crippen LogP contribution in [-0.2, 0) is 13.0 Å². The Kier molecular flexibility index (Phi) is 5.39. The van der Waals surface area contributed by atoms with E-state index in [4.69, 9.17) is 0 Å².